The molecule has 1 aliphatic rings. The molecule has 7 nitrogen and oxygen atoms in total. The molecule has 4 rings (SSSR count). The highest BCUT2D eigenvalue weighted by molar-refractivity contribution is 8.18. The molecular weight excluding hydrogens is 502 g/mol. The Balaban J connectivity index is 1.32. The van der Waals surface area contributed by atoms with E-state index in [-0.39, 0.29) is 24.3 Å². The van der Waals surface area contributed by atoms with Gasteiger partial charge in [-0.25, -0.2) is 0 Å². The number of thioether (sulfide) groups is 1. The van der Waals surface area contributed by atoms with Crippen LogP contribution in [-0.4, -0.2) is 49.5 Å². The number of ether oxygens (including phenoxy) is 4. The van der Waals surface area contributed by atoms with Crippen LogP contribution in [0.2, 0.25) is 5.02 Å². The molecule has 0 aliphatic carbocycles. The van der Waals surface area contributed by atoms with E-state index in [2.05, 4.69) is 0 Å². The van der Waals surface area contributed by atoms with E-state index in [1.807, 2.05) is 30.3 Å². The molecule has 1 fully saturated rings. The van der Waals surface area contributed by atoms with Crippen molar-refractivity contribution in [3.63, 3.8) is 0 Å². The van der Waals surface area contributed by atoms with Crippen LogP contribution in [0.1, 0.15) is 5.56 Å². The lowest BCUT2D eigenvalue weighted by Gasteiger charge is -2.13. The number of benzene rings is 3. The quantitative estimate of drug-likeness (QED) is 0.227. The summed E-state index contributed by atoms with van der Waals surface area (Å²) in [5.74, 6) is 2.09. The maximum Gasteiger partial charge on any atom is 0.293 e. The minimum Gasteiger partial charge on any atom is -0.493 e. The van der Waals surface area contributed by atoms with Crippen LogP contribution < -0.4 is 18.9 Å². The minimum atomic E-state index is -0.359. The van der Waals surface area contributed by atoms with Crippen LogP contribution in [0.25, 0.3) is 6.08 Å². The number of rotatable bonds is 11. The van der Waals surface area contributed by atoms with Gasteiger partial charge in [0, 0.05) is 5.02 Å². The summed E-state index contributed by atoms with van der Waals surface area (Å²) in [7, 11) is 1.54. The maximum atomic E-state index is 12.8. The molecule has 0 spiro atoms. The molecule has 0 atom stereocenters. The van der Waals surface area contributed by atoms with E-state index in [9.17, 15) is 9.59 Å². The van der Waals surface area contributed by atoms with Gasteiger partial charge in [-0.15, -0.1) is 0 Å². The number of halogens is 1. The third-order valence-electron chi connectivity index (χ3n) is 5.11. The summed E-state index contributed by atoms with van der Waals surface area (Å²) in [5, 5.41) is 0.267. The van der Waals surface area contributed by atoms with E-state index in [1.165, 1.54) is 4.90 Å². The Kier molecular flexibility index (Phi) is 8.76. The van der Waals surface area contributed by atoms with Gasteiger partial charge in [-0.05, 0) is 71.9 Å². The summed E-state index contributed by atoms with van der Waals surface area (Å²) in [5.41, 5.74) is 0.711. The number of carbonyl (C=O) groups is 2. The van der Waals surface area contributed by atoms with E-state index in [0.29, 0.717) is 46.0 Å². The SMILES string of the molecule is COc1cc(/C=C2\SC(=O)N(CCOc3ccc(Cl)cc3)C2=O)ccc1OCCOc1ccccc1. The zero-order valence-corrected chi connectivity index (χ0v) is 21.1. The molecule has 186 valence electrons. The number of hydrogen-bond donors (Lipinski definition) is 0. The van der Waals surface area contributed by atoms with Crippen molar-refractivity contribution >= 4 is 40.6 Å². The fourth-order valence-electron chi connectivity index (χ4n) is 3.35. The van der Waals surface area contributed by atoms with Crippen molar-refractivity contribution in [2.24, 2.45) is 0 Å². The van der Waals surface area contributed by atoms with Crippen LogP contribution in [0, 0.1) is 0 Å². The zero-order chi connectivity index (χ0) is 25.3. The highest BCUT2D eigenvalue weighted by atomic mass is 35.5. The van der Waals surface area contributed by atoms with Crippen LogP contribution >= 0.6 is 23.4 Å². The topological polar surface area (TPSA) is 74.3 Å². The summed E-state index contributed by atoms with van der Waals surface area (Å²) in [4.78, 5) is 26.7. The average molecular weight is 526 g/mol. The van der Waals surface area contributed by atoms with Gasteiger partial charge in [-0.3, -0.25) is 14.5 Å². The molecule has 2 amide bonds. The van der Waals surface area contributed by atoms with Gasteiger partial charge in [0.1, 0.15) is 31.3 Å². The summed E-state index contributed by atoms with van der Waals surface area (Å²) in [6.07, 6.45) is 1.66. The summed E-state index contributed by atoms with van der Waals surface area (Å²) in [6, 6.07) is 21.7. The van der Waals surface area contributed by atoms with Gasteiger partial charge < -0.3 is 18.9 Å². The normalized spacial score (nSPS) is 14.3. The third-order valence-corrected chi connectivity index (χ3v) is 6.27. The number of nitrogens with zero attached hydrogens (tertiary/aromatic N) is 1. The van der Waals surface area contributed by atoms with Crippen LogP contribution in [0.15, 0.2) is 77.7 Å². The molecule has 0 unspecified atom stereocenters. The Morgan fingerprint density at radius 3 is 2.28 bits per heavy atom. The molecular formula is C27H24ClNO6S. The predicted octanol–water partition coefficient (Wildman–Crippen LogP) is 5.92. The highest BCUT2D eigenvalue weighted by Crippen LogP contribution is 2.34. The second-order valence-electron chi connectivity index (χ2n) is 7.56. The summed E-state index contributed by atoms with van der Waals surface area (Å²) in [6.45, 7) is 1.04. The second-order valence-corrected chi connectivity index (χ2v) is 8.99. The molecule has 3 aromatic rings. The predicted molar refractivity (Wildman–Crippen MR) is 140 cm³/mol. The Hall–Kier alpha value is -3.62. The van der Waals surface area contributed by atoms with Crippen molar-refractivity contribution in [1.29, 1.82) is 0 Å². The maximum absolute atomic E-state index is 12.8. The first-order valence-electron chi connectivity index (χ1n) is 11.2. The van der Waals surface area contributed by atoms with Gasteiger partial charge in [0.2, 0.25) is 0 Å². The number of imide groups is 1. The van der Waals surface area contributed by atoms with Gasteiger partial charge in [-0.2, -0.15) is 0 Å². The fraction of sp³-hybridized carbons (Fsp3) is 0.185. The molecule has 1 aliphatic heterocycles. The van der Waals surface area contributed by atoms with Crippen molar-refractivity contribution in [1.82, 2.24) is 4.90 Å². The molecule has 1 saturated heterocycles. The van der Waals surface area contributed by atoms with Gasteiger partial charge in [0.25, 0.3) is 11.1 Å². The smallest absolute Gasteiger partial charge is 0.293 e. The first kappa shape index (κ1) is 25.5. The average Bonchev–Trinajstić information content (AvgIpc) is 3.16. The van der Waals surface area contributed by atoms with Gasteiger partial charge in [0.15, 0.2) is 11.5 Å². The van der Waals surface area contributed by atoms with Crippen LogP contribution in [0.3, 0.4) is 0 Å². The monoisotopic (exact) mass is 525 g/mol. The number of methoxy groups -OCH3 is 1. The zero-order valence-electron chi connectivity index (χ0n) is 19.5. The number of carbonyl (C=O) groups excluding carboxylic acids is 2. The highest BCUT2D eigenvalue weighted by Gasteiger charge is 2.34. The lowest BCUT2D eigenvalue weighted by molar-refractivity contribution is -0.123. The first-order valence-corrected chi connectivity index (χ1v) is 12.4. The van der Waals surface area contributed by atoms with Crippen LogP contribution in [0.5, 0.6) is 23.0 Å². The summed E-state index contributed by atoms with van der Waals surface area (Å²) >= 11 is 6.76. The van der Waals surface area contributed by atoms with E-state index in [1.54, 1.807) is 55.7 Å². The molecule has 0 radical (unpaired) electrons. The van der Waals surface area contributed by atoms with E-state index in [4.69, 9.17) is 30.5 Å². The van der Waals surface area contributed by atoms with Crippen LogP contribution in [0.4, 0.5) is 4.79 Å². The second kappa shape index (κ2) is 12.4. The van der Waals surface area contributed by atoms with E-state index in [0.717, 1.165) is 17.5 Å². The Morgan fingerprint density at radius 1 is 0.833 bits per heavy atom. The molecule has 0 saturated carbocycles. The largest absolute Gasteiger partial charge is 0.493 e. The first-order chi connectivity index (χ1) is 17.5. The molecule has 3 aromatic carbocycles. The molecule has 9 heteroatoms. The van der Waals surface area contributed by atoms with Gasteiger partial charge in [0.05, 0.1) is 18.6 Å². The molecule has 1 heterocycles. The fourth-order valence-corrected chi connectivity index (χ4v) is 4.34. The lowest BCUT2D eigenvalue weighted by Crippen LogP contribution is -2.32. The number of para-hydroxylation sites is 1. The van der Waals surface area contributed by atoms with E-state index >= 15 is 0 Å². The Labute approximate surface area is 218 Å². The van der Waals surface area contributed by atoms with Crippen molar-refractivity contribution in [2.75, 3.05) is 33.5 Å². The van der Waals surface area contributed by atoms with Crippen molar-refractivity contribution < 1.29 is 28.5 Å². The van der Waals surface area contributed by atoms with Gasteiger partial charge >= 0.3 is 0 Å². The molecule has 0 N–H and O–H groups in total. The Morgan fingerprint density at radius 2 is 1.53 bits per heavy atom. The van der Waals surface area contributed by atoms with Gasteiger partial charge in [-0.1, -0.05) is 35.9 Å². The minimum absolute atomic E-state index is 0.145. The Bertz CT molecular complexity index is 1230. The van der Waals surface area contributed by atoms with E-state index < -0.39 is 0 Å². The van der Waals surface area contributed by atoms with Crippen LogP contribution in [-0.2, 0) is 4.79 Å². The van der Waals surface area contributed by atoms with Crippen molar-refractivity contribution in [3.8, 4) is 23.0 Å². The third kappa shape index (κ3) is 6.74. The molecule has 36 heavy (non-hydrogen) atoms. The molecule has 0 aromatic heterocycles. The van der Waals surface area contributed by atoms with Crippen molar-refractivity contribution in [2.45, 2.75) is 0 Å². The lowest BCUT2D eigenvalue weighted by atomic mass is 10.2. The van der Waals surface area contributed by atoms with Crippen molar-refractivity contribution in [3.05, 3.63) is 88.3 Å². The molecule has 0 bridgehead atoms. The summed E-state index contributed by atoms with van der Waals surface area (Å²) < 4.78 is 22.5. The number of amides is 2. The number of hydrogen-bond acceptors (Lipinski definition) is 7. The standard InChI is InChI=1S/C27H24ClNO6S/c1-32-24-17-19(7-12-23(24)35-16-15-34-21-5-3-2-4-6-21)18-25-26(30)29(27(31)36-25)13-14-33-22-10-8-20(28)9-11-22/h2-12,17-18H,13-16H2,1H3/b25-18-.